The minimum absolute atomic E-state index is 0.0348. The second-order valence-corrected chi connectivity index (χ2v) is 8.21. The van der Waals surface area contributed by atoms with Gasteiger partial charge in [-0.25, -0.2) is 0 Å². The molecule has 35 heavy (non-hydrogen) atoms. The number of carboxylic acids is 1. The first kappa shape index (κ1) is 27.1. The van der Waals surface area contributed by atoms with Crippen LogP contribution < -0.4 is 21.7 Å². The molecule has 0 aromatic heterocycles. The topological polar surface area (TPSA) is 191 Å². The molecule has 0 spiro atoms. The fourth-order valence-corrected chi connectivity index (χ4v) is 3.11. The van der Waals surface area contributed by atoms with Gasteiger partial charge in [0.05, 0.1) is 6.04 Å². The highest BCUT2D eigenvalue weighted by Crippen LogP contribution is 2.13. The van der Waals surface area contributed by atoms with Crippen LogP contribution in [0.2, 0.25) is 0 Å². The zero-order chi connectivity index (χ0) is 26.1. The number of rotatable bonds is 11. The molecule has 2 rings (SSSR count). The smallest absolute Gasteiger partial charge is 0.325 e. The second-order valence-electron chi connectivity index (χ2n) is 8.21. The van der Waals surface area contributed by atoms with Crippen molar-refractivity contribution in [3.8, 4) is 11.5 Å². The number of carboxylic acid groups (broad SMARTS) is 1. The van der Waals surface area contributed by atoms with Gasteiger partial charge in [0, 0.05) is 6.42 Å². The van der Waals surface area contributed by atoms with Crippen LogP contribution >= 0.6 is 0 Å². The van der Waals surface area contributed by atoms with E-state index in [9.17, 15) is 29.4 Å². The van der Waals surface area contributed by atoms with Crippen LogP contribution in [0.15, 0.2) is 48.5 Å². The van der Waals surface area contributed by atoms with E-state index in [0.29, 0.717) is 11.1 Å². The predicted octanol–water partition coefficient (Wildman–Crippen LogP) is -0.211. The van der Waals surface area contributed by atoms with Crippen LogP contribution in [0, 0.1) is 0 Å². The van der Waals surface area contributed by atoms with E-state index in [1.54, 1.807) is 24.3 Å². The van der Waals surface area contributed by atoms with Gasteiger partial charge < -0.3 is 37.0 Å². The standard InChI is InChI=1S/C24H30N4O7/c1-13(21(31)27-14(2)24(34)35)26-23(33)20(12-16-5-9-18(30)10-6-16)28-22(32)19(25)11-15-3-7-17(29)8-4-15/h3-10,13-14,19-20,29-30H,11-12,25H2,1-2H3,(H,26,33)(H,27,31)(H,28,32)(H,34,35). The Morgan fingerprint density at radius 2 is 1.17 bits per heavy atom. The number of nitrogens with two attached hydrogens (primary N) is 1. The lowest BCUT2D eigenvalue weighted by molar-refractivity contribution is -0.141. The minimum atomic E-state index is -1.23. The Balaban J connectivity index is 2.11. The van der Waals surface area contributed by atoms with Crippen LogP contribution in [0.3, 0.4) is 0 Å². The number of aromatic hydroxyl groups is 2. The number of benzene rings is 2. The molecule has 0 fully saturated rings. The summed E-state index contributed by atoms with van der Waals surface area (Å²) in [7, 11) is 0. The molecule has 0 aliphatic carbocycles. The first-order valence-corrected chi connectivity index (χ1v) is 10.9. The van der Waals surface area contributed by atoms with E-state index < -0.39 is 47.9 Å². The Morgan fingerprint density at radius 1 is 0.714 bits per heavy atom. The van der Waals surface area contributed by atoms with Crippen LogP contribution in [0.25, 0.3) is 0 Å². The minimum Gasteiger partial charge on any atom is -0.508 e. The van der Waals surface area contributed by atoms with Crippen LogP contribution in [0.5, 0.6) is 11.5 Å². The highest BCUT2D eigenvalue weighted by atomic mass is 16.4. The van der Waals surface area contributed by atoms with Crippen LogP contribution in [-0.4, -0.2) is 63.2 Å². The van der Waals surface area contributed by atoms with E-state index in [0.717, 1.165) is 0 Å². The van der Waals surface area contributed by atoms with Crippen molar-refractivity contribution < 1.29 is 34.5 Å². The molecule has 0 saturated heterocycles. The lowest BCUT2D eigenvalue weighted by Gasteiger charge is -2.23. The molecule has 11 nitrogen and oxygen atoms in total. The van der Waals surface area contributed by atoms with Crippen LogP contribution in [0.1, 0.15) is 25.0 Å². The van der Waals surface area contributed by atoms with Gasteiger partial charge in [0.1, 0.15) is 29.6 Å². The maximum absolute atomic E-state index is 13.0. The molecule has 0 bridgehead atoms. The zero-order valence-corrected chi connectivity index (χ0v) is 19.4. The molecule has 2 aromatic rings. The van der Waals surface area contributed by atoms with Gasteiger partial charge in [-0.1, -0.05) is 24.3 Å². The van der Waals surface area contributed by atoms with Gasteiger partial charge in [0.25, 0.3) is 0 Å². The molecule has 0 radical (unpaired) electrons. The number of phenolic OH excluding ortho intramolecular Hbond substituents is 2. The maximum atomic E-state index is 13.0. The molecule has 4 unspecified atom stereocenters. The quantitative estimate of drug-likeness (QED) is 0.227. The fraction of sp³-hybridized carbons (Fsp3) is 0.333. The van der Waals surface area contributed by atoms with E-state index in [1.807, 2.05) is 0 Å². The lowest BCUT2D eigenvalue weighted by atomic mass is 10.0. The number of aliphatic carboxylic acids is 1. The predicted molar refractivity (Wildman–Crippen MR) is 126 cm³/mol. The number of carbonyl (C=O) groups is 4. The summed E-state index contributed by atoms with van der Waals surface area (Å²) in [6, 6.07) is 7.92. The zero-order valence-electron chi connectivity index (χ0n) is 19.4. The fourth-order valence-electron chi connectivity index (χ4n) is 3.11. The Hall–Kier alpha value is -4.12. The first-order chi connectivity index (χ1) is 16.5. The molecule has 2 aromatic carbocycles. The van der Waals surface area contributed by atoms with Crippen molar-refractivity contribution in [3.63, 3.8) is 0 Å². The largest absolute Gasteiger partial charge is 0.508 e. The van der Waals surface area contributed by atoms with Crippen LogP contribution in [-0.2, 0) is 32.0 Å². The van der Waals surface area contributed by atoms with Crippen molar-refractivity contribution >= 4 is 23.7 Å². The van der Waals surface area contributed by atoms with Crippen molar-refractivity contribution in [2.24, 2.45) is 5.73 Å². The number of carbonyl (C=O) groups excluding carboxylic acids is 3. The molecule has 8 N–H and O–H groups in total. The summed E-state index contributed by atoms with van der Waals surface area (Å²) in [5.74, 6) is -3.09. The van der Waals surface area contributed by atoms with E-state index in [1.165, 1.54) is 38.1 Å². The number of phenols is 2. The summed E-state index contributed by atoms with van der Waals surface area (Å²) in [5.41, 5.74) is 7.36. The molecule has 0 saturated carbocycles. The SMILES string of the molecule is CC(NC(=O)C(C)NC(=O)C(Cc1ccc(O)cc1)NC(=O)C(N)Cc1ccc(O)cc1)C(=O)O. The van der Waals surface area contributed by atoms with Crippen molar-refractivity contribution in [2.45, 2.75) is 50.9 Å². The third-order valence-corrected chi connectivity index (χ3v) is 5.22. The van der Waals surface area contributed by atoms with E-state index in [2.05, 4.69) is 16.0 Å². The van der Waals surface area contributed by atoms with Crippen LogP contribution in [0.4, 0.5) is 0 Å². The molecular weight excluding hydrogens is 456 g/mol. The van der Waals surface area contributed by atoms with Crippen molar-refractivity contribution in [1.82, 2.24) is 16.0 Å². The van der Waals surface area contributed by atoms with Gasteiger partial charge in [-0.05, 0) is 55.7 Å². The van der Waals surface area contributed by atoms with Gasteiger partial charge in [-0.15, -0.1) is 0 Å². The van der Waals surface area contributed by atoms with Gasteiger partial charge in [0.2, 0.25) is 17.7 Å². The summed E-state index contributed by atoms with van der Waals surface area (Å²) in [6.45, 7) is 2.68. The number of hydrogen-bond acceptors (Lipinski definition) is 7. The normalized spacial score (nSPS) is 14.1. The molecule has 3 amide bonds. The number of nitrogens with one attached hydrogen (secondary N) is 3. The molecule has 0 heterocycles. The van der Waals surface area contributed by atoms with E-state index >= 15 is 0 Å². The Kier molecular flexibility index (Phi) is 9.59. The summed E-state index contributed by atoms with van der Waals surface area (Å²) in [5, 5.41) is 35.2. The van der Waals surface area contributed by atoms with Crippen molar-refractivity contribution in [3.05, 3.63) is 59.7 Å². The summed E-state index contributed by atoms with van der Waals surface area (Å²) in [6.07, 6.45) is 0.204. The van der Waals surface area contributed by atoms with Gasteiger partial charge in [-0.2, -0.15) is 0 Å². The number of hydrogen-bond donors (Lipinski definition) is 7. The molecule has 4 atom stereocenters. The summed E-state index contributed by atoms with van der Waals surface area (Å²) in [4.78, 5) is 48.9. The van der Waals surface area contributed by atoms with E-state index in [-0.39, 0.29) is 24.3 Å². The summed E-state index contributed by atoms with van der Waals surface area (Å²) >= 11 is 0. The maximum Gasteiger partial charge on any atom is 0.325 e. The molecule has 0 aliphatic heterocycles. The molecule has 11 heteroatoms. The second kappa shape index (κ2) is 12.4. The highest BCUT2D eigenvalue weighted by molar-refractivity contribution is 5.94. The third-order valence-electron chi connectivity index (χ3n) is 5.22. The van der Waals surface area contributed by atoms with Gasteiger partial charge in [-0.3, -0.25) is 19.2 Å². The Labute approximate surface area is 202 Å². The molecule has 188 valence electrons. The third kappa shape index (κ3) is 8.63. The Morgan fingerprint density at radius 3 is 1.66 bits per heavy atom. The van der Waals surface area contributed by atoms with Crippen molar-refractivity contribution in [2.75, 3.05) is 0 Å². The summed E-state index contributed by atoms with van der Waals surface area (Å²) < 4.78 is 0. The molecular formula is C24H30N4O7. The van der Waals surface area contributed by atoms with Gasteiger partial charge in [0.15, 0.2) is 0 Å². The van der Waals surface area contributed by atoms with Crippen molar-refractivity contribution in [1.29, 1.82) is 0 Å². The number of amides is 3. The van der Waals surface area contributed by atoms with E-state index in [4.69, 9.17) is 10.8 Å². The average Bonchev–Trinajstić information content (AvgIpc) is 2.81. The first-order valence-electron chi connectivity index (χ1n) is 10.9. The monoisotopic (exact) mass is 486 g/mol. The highest BCUT2D eigenvalue weighted by Gasteiger charge is 2.27. The lowest BCUT2D eigenvalue weighted by Crippen LogP contribution is -2.56. The Bertz CT molecular complexity index is 1040. The molecule has 0 aliphatic rings. The van der Waals surface area contributed by atoms with Gasteiger partial charge >= 0.3 is 5.97 Å². The average molecular weight is 487 g/mol.